The minimum Gasteiger partial charge on any atom is -0.394 e. The third-order valence-electron chi connectivity index (χ3n) is 5.75. The largest absolute Gasteiger partial charge is 0.394 e. The highest BCUT2D eigenvalue weighted by Gasteiger charge is 2.44. The van der Waals surface area contributed by atoms with Crippen molar-refractivity contribution >= 4 is 11.8 Å². The molecule has 20 heavy (non-hydrogen) atoms. The van der Waals surface area contributed by atoms with Gasteiger partial charge in [0.1, 0.15) is 0 Å². The molecule has 2 atom stereocenters. The highest BCUT2D eigenvalue weighted by molar-refractivity contribution is 7.99. The van der Waals surface area contributed by atoms with Gasteiger partial charge < -0.3 is 10.4 Å². The van der Waals surface area contributed by atoms with Crippen LogP contribution in [0.15, 0.2) is 0 Å². The van der Waals surface area contributed by atoms with Gasteiger partial charge in [-0.1, -0.05) is 19.3 Å². The van der Waals surface area contributed by atoms with Gasteiger partial charge in [0.15, 0.2) is 0 Å². The summed E-state index contributed by atoms with van der Waals surface area (Å²) in [7, 11) is 0. The Hall–Kier alpha value is 0.270. The van der Waals surface area contributed by atoms with Crippen LogP contribution in [0, 0.1) is 11.8 Å². The van der Waals surface area contributed by atoms with Crippen molar-refractivity contribution < 1.29 is 5.11 Å². The van der Waals surface area contributed by atoms with Crippen LogP contribution in [-0.4, -0.2) is 34.8 Å². The van der Waals surface area contributed by atoms with E-state index in [-0.39, 0.29) is 5.54 Å². The van der Waals surface area contributed by atoms with Crippen molar-refractivity contribution in [1.29, 1.82) is 0 Å². The molecule has 0 aromatic heterocycles. The molecule has 0 heterocycles. The van der Waals surface area contributed by atoms with Gasteiger partial charge in [-0.2, -0.15) is 11.8 Å². The van der Waals surface area contributed by atoms with Crippen molar-refractivity contribution in [3.05, 3.63) is 0 Å². The predicted octanol–water partition coefficient (Wildman–Crippen LogP) is 3.58. The molecule has 0 amide bonds. The topological polar surface area (TPSA) is 32.3 Å². The molecule has 3 heteroatoms. The zero-order valence-electron chi connectivity index (χ0n) is 12.8. The molecular formula is C17H31NOS. The third-order valence-corrected chi connectivity index (χ3v) is 6.98. The van der Waals surface area contributed by atoms with E-state index in [1.54, 1.807) is 0 Å². The molecule has 2 N–H and O–H groups in total. The minimum atomic E-state index is 0.0785. The van der Waals surface area contributed by atoms with Gasteiger partial charge in [-0.05, 0) is 68.3 Å². The second kappa shape index (κ2) is 7.02. The molecule has 0 aliphatic heterocycles. The molecule has 2 unspecified atom stereocenters. The first-order valence-electron chi connectivity index (χ1n) is 8.79. The Morgan fingerprint density at radius 2 is 1.85 bits per heavy atom. The Balaban J connectivity index is 1.40. The number of hydrogen-bond acceptors (Lipinski definition) is 3. The average molecular weight is 298 g/mol. The Morgan fingerprint density at radius 1 is 1.05 bits per heavy atom. The standard InChI is InChI=1S/C17H31NOS/c19-13-17(18-16-7-8-16)10-3-6-15(17)9-11-20-12-14-4-1-2-5-14/h14-16,18-19H,1-13H2. The average Bonchev–Trinajstić information content (AvgIpc) is 2.97. The molecule has 0 bridgehead atoms. The number of aliphatic hydroxyl groups is 1. The van der Waals surface area contributed by atoms with Crippen molar-refractivity contribution in [2.45, 2.75) is 75.8 Å². The van der Waals surface area contributed by atoms with Gasteiger partial charge >= 0.3 is 0 Å². The van der Waals surface area contributed by atoms with Crippen LogP contribution in [0.1, 0.15) is 64.2 Å². The van der Waals surface area contributed by atoms with Crippen LogP contribution in [0.3, 0.4) is 0 Å². The minimum absolute atomic E-state index is 0.0785. The first-order valence-corrected chi connectivity index (χ1v) is 9.94. The first kappa shape index (κ1) is 15.2. The smallest absolute Gasteiger partial charge is 0.0616 e. The van der Waals surface area contributed by atoms with E-state index in [9.17, 15) is 5.11 Å². The van der Waals surface area contributed by atoms with E-state index in [1.165, 1.54) is 75.7 Å². The zero-order chi connectivity index (χ0) is 13.8. The van der Waals surface area contributed by atoms with Gasteiger partial charge in [-0.25, -0.2) is 0 Å². The van der Waals surface area contributed by atoms with Crippen LogP contribution in [0.5, 0.6) is 0 Å². The van der Waals surface area contributed by atoms with E-state index >= 15 is 0 Å². The molecule has 3 saturated carbocycles. The maximum absolute atomic E-state index is 9.92. The lowest BCUT2D eigenvalue weighted by molar-refractivity contribution is 0.120. The molecule has 3 aliphatic carbocycles. The number of thioether (sulfide) groups is 1. The van der Waals surface area contributed by atoms with Crippen molar-refractivity contribution in [1.82, 2.24) is 5.32 Å². The van der Waals surface area contributed by atoms with Crippen LogP contribution in [0.4, 0.5) is 0 Å². The summed E-state index contributed by atoms with van der Waals surface area (Å²) in [6, 6.07) is 0.717. The maximum Gasteiger partial charge on any atom is 0.0616 e. The van der Waals surface area contributed by atoms with E-state index in [2.05, 4.69) is 17.1 Å². The monoisotopic (exact) mass is 297 g/mol. The number of aliphatic hydroxyl groups excluding tert-OH is 1. The Morgan fingerprint density at radius 3 is 2.55 bits per heavy atom. The summed E-state index contributed by atoms with van der Waals surface area (Å²) in [6.45, 7) is 0.349. The van der Waals surface area contributed by atoms with E-state index in [0.29, 0.717) is 18.6 Å². The summed E-state index contributed by atoms with van der Waals surface area (Å²) in [5.74, 6) is 4.41. The highest BCUT2D eigenvalue weighted by atomic mass is 32.2. The second-order valence-corrected chi connectivity index (χ2v) is 8.49. The Kier molecular flexibility index (Phi) is 5.33. The summed E-state index contributed by atoms with van der Waals surface area (Å²) < 4.78 is 0. The molecule has 0 spiro atoms. The van der Waals surface area contributed by atoms with Crippen LogP contribution in [0.25, 0.3) is 0 Å². The lowest BCUT2D eigenvalue weighted by Crippen LogP contribution is -2.52. The summed E-state index contributed by atoms with van der Waals surface area (Å²) in [4.78, 5) is 0. The van der Waals surface area contributed by atoms with Gasteiger partial charge in [0.25, 0.3) is 0 Å². The Labute approximate surface area is 128 Å². The third kappa shape index (κ3) is 3.72. The lowest BCUT2D eigenvalue weighted by atomic mass is 9.85. The molecule has 0 aromatic rings. The van der Waals surface area contributed by atoms with Gasteiger partial charge in [0.05, 0.1) is 6.61 Å². The molecule has 0 radical (unpaired) electrons. The molecule has 116 valence electrons. The van der Waals surface area contributed by atoms with Crippen molar-refractivity contribution in [3.8, 4) is 0 Å². The molecule has 2 nitrogen and oxygen atoms in total. The normalized spacial score (nSPS) is 35.0. The van der Waals surface area contributed by atoms with E-state index in [4.69, 9.17) is 0 Å². The van der Waals surface area contributed by atoms with Crippen molar-refractivity contribution in [2.75, 3.05) is 18.1 Å². The summed E-state index contributed by atoms with van der Waals surface area (Å²) in [5.41, 5.74) is 0.0785. The summed E-state index contributed by atoms with van der Waals surface area (Å²) >= 11 is 2.17. The van der Waals surface area contributed by atoms with Crippen molar-refractivity contribution in [3.63, 3.8) is 0 Å². The summed E-state index contributed by atoms with van der Waals surface area (Å²) in [6.07, 6.45) is 13.6. The van der Waals surface area contributed by atoms with Gasteiger partial charge in [-0.3, -0.25) is 0 Å². The quantitative estimate of drug-likeness (QED) is 0.672. The predicted molar refractivity (Wildman–Crippen MR) is 87.2 cm³/mol. The Bertz CT molecular complexity index is 301. The maximum atomic E-state index is 9.92. The second-order valence-electron chi connectivity index (χ2n) is 7.34. The fourth-order valence-electron chi connectivity index (χ4n) is 4.30. The van der Waals surface area contributed by atoms with Crippen LogP contribution >= 0.6 is 11.8 Å². The van der Waals surface area contributed by atoms with Gasteiger partial charge in [0, 0.05) is 11.6 Å². The fraction of sp³-hybridized carbons (Fsp3) is 1.00. The van der Waals surface area contributed by atoms with Gasteiger partial charge in [-0.15, -0.1) is 0 Å². The van der Waals surface area contributed by atoms with E-state index in [0.717, 1.165) is 5.92 Å². The van der Waals surface area contributed by atoms with Crippen LogP contribution < -0.4 is 5.32 Å². The molecule has 3 aliphatic rings. The molecule has 3 rings (SSSR count). The van der Waals surface area contributed by atoms with Crippen LogP contribution in [0.2, 0.25) is 0 Å². The number of hydrogen-bond donors (Lipinski definition) is 2. The molecule has 0 saturated heterocycles. The molecule has 3 fully saturated rings. The number of nitrogens with one attached hydrogen (secondary N) is 1. The molecule has 0 aromatic carbocycles. The highest BCUT2D eigenvalue weighted by Crippen LogP contribution is 2.41. The van der Waals surface area contributed by atoms with Crippen molar-refractivity contribution in [2.24, 2.45) is 11.8 Å². The zero-order valence-corrected chi connectivity index (χ0v) is 13.6. The molecular weight excluding hydrogens is 266 g/mol. The number of rotatable bonds is 8. The fourth-order valence-corrected chi connectivity index (χ4v) is 5.58. The van der Waals surface area contributed by atoms with Gasteiger partial charge in [0.2, 0.25) is 0 Å². The van der Waals surface area contributed by atoms with Crippen LogP contribution in [-0.2, 0) is 0 Å². The van der Waals surface area contributed by atoms with E-state index < -0.39 is 0 Å². The first-order chi connectivity index (χ1) is 9.82. The van der Waals surface area contributed by atoms with E-state index in [1.807, 2.05) is 0 Å². The summed E-state index contributed by atoms with van der Waals surface area (Å²) in [5, 5.41) is 13.7. The SMILES string of the molecule is OCC1(NC2CC2)CCCC1CCSCC1CCCC1. The lowest BCUT2D eigenvalue weighted by Gasteiger charge is -2.35.